The Morgan fingerprint density at radius 3 is 2.21 bits per heavy atom. The van der Waals surface area contributed by atoms with Gasteiger partial charge in [-0.1, -0.05) is 72.8 Å². The number of hydrogen-bond acceptors (Lipinski definition) is 1. The van der Waals surface area contributed by atoms with Crippen LogP contribution in [0.4, 0.5) is 0 Å². The highest BCUT2D eigenvalue weighted by Crippen LogP contribution is 2.22. The van der Waals surface area contributed by atoms with Crippen LogP contribution in [0.3, 0.4) is 0 Å². The summed E-state index contributed by atoms with van der Waals surface area (Å²) in [5.41, 5.74) is 4.38. The predicted molar refractivity (Wildman–Crippen MR) is 79.4 cm³/mol. The van der Waals surface area contributed by atoms with Crippen molar-refractivity contribution in [2.45, 2.75) is 0 Å². The summed E-state index contributed by atoms with van der Waals surface area (Å²) in [6.07, 6.45) is 6.10. The van der Waals surface area contributed by atoms with E-state index in [1.807, 2.05) is 42.6 Å². The van der Waals surface area contributed by atoms with Gasteiger partial charge in [0.1, 0.15) is 0 Å². The summed E-state index contributed by atoms with van der Waals surface area (Å²) >= 11 is 0. The molecule has 1 aromatic heterocycles. The molecule has 3 rings (SSSR count). The molecule has 2 aromatic carbocycles. The van der Waals surface area contributed by atoms with Gasteiger partial charge in [-0.2, -0.15) is 5.10 Å². The lowest BCUT2D eigenvalue weighted by Crippen LogP contribution is -1.80. The summed E-state index contributed by atoms with van der Waals surface area (Å²) in [7, 11) is 0. The zero-order valence-corrected chi connectivity index (χ0v) is 10.5. The minimum Gasteiger partial charge on any atom is -0.284 e. The van der Waals surface area contributed by atoms with E-state index < -0.39 is 0 Å². The van der Waals surface area contributed by atoms with Crippen LogP contribution in [-0.2, 0) is 0 Å². The smallest absolute Gasteiger partial charge is 0.0992 e. The minimum absolute atomic E-state index is 0.979. The second kappa shape index (κ2) is 5.36. The van der Waals surface area contributed by atoms with Crippen molar-refractivity contribution in [1.29, 1.82) is 0 Å². The van der Waals surface area contributed by atoms with Crippen LogP contribution in [0.15, 0.2) is 66.9 Å². The van der Waals surface area contributed by atoms with E-state index in [-0.39, 0.29) is 0 Å². The topological polar surface area (TPSA) is 28.7 Å². The van der Waals surface area contributed by atoms with Crippen LogP contribution in [0.5, 0.6) is 0 Å². The number of aromatic amines is 1. The maximum Gasteiger partial charge on any atom is 0.0992 e. The highest BCUT2D eigenvalue weighted by Gasteiger charge is 2.04. The molecule has 0 aliphatic rings. The molecule has 2 nitrogen and oxygen atoms in total. The number of rotatable bonds is 3. The lowest BCUT2D eigenvalue weighted by atomic mass is 10.1. The Kier molecular flexibility index (Phi) is 3.24. The number of nitrogens with one attached hydrogen (secondary N) is 1. The summed E-state index contributed by atoms with van der Waals surface area (Å²) in [6.45, 7) is 0. The highest BCUT2D eigenvalue weighted by molar-refractivity contribution is 5.78. The maximum absolute atomic E-state index is 4.32. The third kappa shape index (κ3) is 2.63. The molecule has 0 bridgehead atoms. The van der Waals surface area contributed by atoms with Gasteiger partial charge in [-0.05, 0) is 5.56 Å². The molecular formula is C17H14N2. The number of aromatic nitrogens is 2. The Morgan fingerprint density at radius 2 is 1.47 bits per heavy atom. The van der Waals surface area contributed by atoms with Gasteiger partial charge in [-0.25, -0.2) is 0 Å². The van der Waals surface area contributed by atoms with Gasteiger partial charge in [0.25, 0.3) is 0 Å². The van der Waals surface area contributed by atoms with Gasteiger partial charge in [0, 0.05) is 17.3 Å². The summed E-state index contributed by atoms with van der Waals surface area (Å²) in [6, 6.07) is 20.4. The fourth-order valence-electron chi connectivity index (χ4n) is 2.00. The van der Waals surface area contributed by atoms with Crippen LogP contribution in [0.2, 0.25) is 0 Å². The first-order valence-corrected chi connectivity index (χ1v) is 6.26. The van der Waals surface area contributed by atoms with Gasteiger partial charge in [0.05, 0.1) is 5.69 Å². The van der Waals surface area contributed by atoms with Crippen molar-refractivity contribution in [1.82, 2.24) is 10.2 Å². The van der Waals surface area contributed by atoms with Crippen molar-refractivity contribution >= 4 is 12.2 Å². The molecule has 0 saturated heterocycles. The molecule has 19 heavy (non-hydrogen) atoms. The van der Waals surface area contributed by atoms with Gasteiger partial charge in [-0.15, -0.1) is 0 Å². The van der Waals surface area contributed by atoms with E-state index in [0.29, 0.717) is 0 Å². The zero-order chi connectivity index (χ0) is 12.9. The monoisotopic (exact) mass is 246 g/mol. The highest BCUT2D eigenvalue weighted by atomic mass is 15.1. The molecule has 0 atom stereocenters. The SMILES string of the molecule is C(=C\c1c[nH]nc1-c1ccccc1)/c1ccccc1. The first kappa shape index (κ1) is 11.5. The van der Waals surface area contributed by atoms with Crippen LogP contribution in [-0.4, -0.2) is 10.2 Å². The standard InChI is InChI=1S/C17H14N2/c1-3-7-14(8-4-1)11-12-16-13-18-19-17(16)15-9-5-2-6-10-15/h1-13H,(H,18,19)/b12-11+. The molecule has 0 aliphatic heterocycles. The van der Waals surface area contributed by atoms with Gasteiger partial charge in [0.15, 0.2) is 0 Å². The molecule has 0 saturated carbocycles. The summed E-state index contributed by atoms with van der Waals surface area (Å²) in [5, 5.41) is 7.25. The Hall–Kier alpha value is -2.61. The van der Waals surface area contributed by atoms with E-state index in [2.05, 4.69) is 46.6 Å². The van der Waals surface area contributed by atoms with Crippen LogP contribution >= 0.6 is 0 Å². The largest absolute Gasteiger partial charge is 0.284 e. The van der Waals surface area contributed by atoms with E-state index in [0.717, 1.165) is 16.8 Å². The molecule has 1 heterocycles. The second-order valence-corrected chi connectivity index (χ2v) is 4.30. The first-order valence-electron chi connectivity index (χ1n) is 6.26. The Labute approximate surface area is 112 Å². The second-order valence-electron chi connectivity index (χ2n) is 4.30. The predicted octanol–water partition coefficient (Wildman–Crippen LogP) is 4.25. The van der Waals surface area contributed by atoms with Crippen LogP contribution in [0, 0.1) is 0 Å². The average Bonchev–Trinajstić information content (AvgIpc) is 2.95. The average molecular weight is 246 g/mol. The van der Waals surface area contributed by atoms with Crippen molar-refractivity contribution in [2.24, 2.45) is 0 Å². The summed E-state index contributed by atoms with van der Waals surface area (Å²) in [5.74, 6) is 0. The number of hydrogen-bond donors (Lipinski definition) is 1. The van der Waals surface area contributed by atoms with Gasteiger partial charge in [0.2, 0.25) is 0 Å². The molecule has 0 unspecified atom stereocenters. The fourth-order valence-corrected chi connectivity index (χ4v) is 2.00. The molecule has 3 aromatic rings. The fraction of sp³-hybridized carbons (Fsp3) is 0. The molecule has 0 amide bonds. The van der Waals surface area contributed by atoms with Crippen molar-refractivity contribution in [3.05, 3.63) is 78.0 Å². The van der Waals surface area contributed by atoms with Crippen LogP contribution < -0.4 is 0 Å². The van der Waals surface area contributed by atoms with Crippen molar-refractivity contribution in [3.8, 4) is 11.3 Å². The van der Waals surface area contributed by atoms with Gasteiger partial charge >= 0.3 is 0 Å². The van der Waals surface area contributed by atoms with E-state index >= 15 is 0 Å². The van der Waals surface area contributed by atoms with Crippen molar-refractivity contribution < 1.29 is 0 Å². The third-order valence-electron chi connectivity index (χ3n) is 2.97. The first-order chi connectivity index (χ1) is 9.43. The number of H-pyrrole nitrogens is 1. The normalized spacial score (nSPS) is 10.9. The minimum atomic E-state index is 0.979. The number of nitrogens with zero attached hydrogens (tertiary/aromatic N) is 1. The maximum atomic E-state index is 4.32. The van der Waals surface area contributed by atoms with E-state index in [1.165, 1.54) is 5.56 Å². The van der Waals surface area contributed by atoms with Crippen molar-refractivity contribution in [2.75, 3.05) is 0 Å². The Balaban J connectivity index is 1.91. The van der Waals surface area contributed by atoms with E-state index in [4.69, 9.17) is 0 Å². The molecule has 1 N–H and O–H groups in total. The van der Waals surface area contributed by atoms with E-state index in [9.17, 15) is 0 Å². The molecule has 0 radical (unpaired) electrons. The van der Waals surface area contributed by atoms with Gasteiger partial charge in [-0.3, -0.25) is 5.10 Å². The summed E-state index contributed by atoms with van der Waals surface area (Å²) in [4.78, 5) is 0. The molecule has 92 valence electrons. The molecule has 0 spiro atoms. The zero-order valence-electron chi connectivity index (χ0n) is 10.5. The van der Waals surface area contributed by atoms with E-state index in [1.54, 1.807) is 0 Å². The van der Waals surface area contributed by atoms with Crippen LogP contribution in [0.1, 0.15) is 11.1 Å². The summed E-state index contributed by atoms with van der Waals surface area (Å²) < 4.78 is 0. The number of benzene rings is 2. The Bertz CT molecular complexity index is 667. The molecular weight excluding hydrogens is 232 g/mol. The third-order valence-corrected chi connectivity index (χ3v) is 2.97. The Morgan fingerprint density at radius 1 is 0.789 bits per heavy atom. The van der Waals surface area contributed by atoms with Gasteiger partial charge < -0.3 is 0 Å². The quantitative estimate of drug-likeness (QED) is 0.735. The van der Waals surface area contributed by atoms with Crippen LogP contribution in [0.25, 0.3) is 23.4 Å². The van der Waals surface area contributed by atoms with Crippen molar-refractivity contribution in [3.63, 3.8) is 0 Å². The lowest BCUT2D eigenvalue weighted by Gasteiger charge is -1.98. The molecule has 0 aliphatic carbocycles. The molecule has 2 heteroatoms. The molecule has 0 fully saturated rings. The lowest BCUT2D eigenvalue weighted by molar-refractivity contribution is 1.10.